The number of carboxylic acid groups (broad SMARTS) is 1. The SMILES string of the molecule is CCN(CC)CC.O=C(O)CCN1C=CC(=CC=CC=CC2Sc3ccc4ccccc4c3N2CCCS(=O)(=O)O)c2ccccc21. The molecule has 2 N–H and O–H groups in total. The fraction of sp³-hybridized carbons (Fsp3) is 0.324. The van der Waals surface area contributed by atoms with Gasteiger partial charge in [-0.2, -0.15) is 8.42 Å². The van der Waals surface area contributed by atoms with Crippen LogP contribution >= 0.6 is 11.8 Å². The van der Waals surface area contributed by atoms with Gasteiger partial charge >= 0.3 is 5.97 Å². The van der Waals surface area contributed by atoms with E-state index in [-0.39, 0.29) is 17.5 Å². The number of para-hydroxylation sites is 1. The molecule has 2 aliphatic rings. The Kier molecular flexibility index (Phi) is 13.3. The minimum Gasteiger partial charge on any atom is -0.481 e. The maximum absolute atomic E-state index is 11.3. The van der Waals surface area contributed by atoms with Crippen LogP contribution in [0.1, 0.15) is 39.2 Å². The van der Waals surface area contributed by atoms with Gasteiger partial charge in [0.2, 0.25) is 0 Å². The van der Waals surface area contributed by atoms with Gasteiger partial charge in [-0.25, -0.2) is 0 Å². The summed E-state index contributed by atoms with van der Waals surface area (Å²) in [7, 11) is -4.02. The van der Waals surface area contributed by atoms with E-state index in [0.717, 1.165) is 38.2 Å². The summed E-state index contributed by atoms with van der Waals surface area (Å²) in [6.07, 6.45) is 14.4. The lowest BCUT2D eigenvalue weighted by atomic mass is 9.99. The molecule has 0 radical (unpaired) electrons. The quantitative estimate of drug-likeness (QED) is 0.139. The topological polar surface area (TPSA) is 101 Å². The average Bonchev–Trinajstić information content (AvgIpc) is 3.42. The Balaban J connectivity index is 0.000000644. The standard InChI is InChI=1S/C31H30N2O5S2.C6H15N/c34-30(35)18-21-32-20-17-24(25-11-6-7-13-27(25)32)9-2-1-3-14-29-33(19-8-22-40(36,37)38)31-26-12-5-4-10-23(26)15-16-28(31)39-29;1-4-7(5-2)6-3/h1-7,9-17,20,29H,8,18-19,21-22H2,(H,34,35)(H,36,37,38);4-6H2,1-3H3. The Bertz CT molecular complexity index is 1740. The smallest absolute Gasteiger partial charge is 0.305 e. The van der Waals surface area contributed by atoms with Gasteiger partial charge in [0.15, 0.2) is 0 Å². The third-order valence-electron chi connectivity index (χ3n) is 8.15. The zero-order chi connectivity index (χ0) is 33.8. The first kappa shape index (κ1) is 36.0. The summed E-state index contributed by atoms with van der Waals surface area (Å²) in [5.41, 5.74) is 4.15. The highest BCUT2D eigenvalue weighted by molar-refractivity contribution is 8.00. The zero-order valence-corrected chi connectivity index (χ0v) is 29.0. The van der Waals surface area contributed by atoms with Crippen LogP contribution in [0.15, 0.2) is 108 Å². The molecule has 0 saturated carbocycles. The number of allylic oxidation sites excluding steroid dienone is 6. The van der Waals surface area contributed by atoms with Crippen molar-refractivity contribution in [2.24, 2.45) is 0 Å². The molecule has 1 unspecified atom stereocenters. The number of thioether (sulfide) groups is 1. The maximum Gasteiger partial charge on any atom is 0.305 e. The van der Waals surface area contributed by atoms with E-state index in [2.05, 4.69) is 60.9 Å². The third kappa shape index (κ3) is 10.1. The van der Waals surface area contributed by atoms with Crippen molar-refractivity contribution in [1.82, 2.24) is 4.90 Å². The summed E-state index contributed by atoms with van der Waals surface area (Å²) in [6.45, 7) is 11.0. The van der Waals surface area contributed by atoms with Gasteiger partial charge in [0.25, 0.3) is 10.1 Å². The van der Waals surface area contributed by atoms with E-state index >= 15 is 0 Å². The van der Waals surface area contributed by atoms with Gasteiger partial charge in [-0.05, 0) is 55.2 Å². The molecule has 250 valence electrons. The molecule has 0 amide bonds. The molecule has 0 aromatic heterocycles. The van der Waals surface area contributed by atoms with Gasteiger partial charge < -0.3 is 19.8 Å². The van der Waals surface area contributed by atoms with Crippen molar-refractivity contribution >= 4 is 55.6 Å². The number of nitrogens with zero attached hydrogens (tertiary/aromatic N) is 3. The lowest BCUT2D eigenvalue weighted by molar-refractivity contribution is -0.136. The molecule has 0 bridgehead atoms. The van der Waals surface area contributed by atoms with Crippen LogP contribution in [0.4, 0.5) is 11.4 Å². The lowest BCUT2D eigenvalue weighted by Crippen LogP contribution is -2.30. The maximum atomic E-state index is 11.3. The van der Waals surface area contributed by atoms with E-state index in [1.165, 1.54) is 19.6 Å². The monoisotopic (exact) mass is 675 g/mol. The highest BCUT2D eigenvalue weighted by atomic mass is 32.2. The number of rotatable bonds is 13. The molecule has 0 spiro atoms. The molecule has 47 heavy (non-hydrogen) atoms. The molecule has 5 rings (SSSR count). The van der Waals surface area contributed by atoms with Crippen molar-refractivity contribution in [1.29, 1.82) is 0 Å². The number of hydrogen-bond acceptors (Lipinski definition) is 7. The summed E-state index contributed by atoms with van der Waals surface area (Å²) >= 11 is 1.72. The third-order valence-corrected chi connectivity index (χ3v) is 10.2. The second kappa shape index (κ2) is 17.4. The second-order valence-electron chi connectivity index (χ2n) is 11.2. The van der Waals surface area contributed by atoms with Crippen LogP contribution < -0.4 is 9.80 Å². The zero-order valence-electron chi connectivity index (χ0n) is 27.3. The number of aliphatic carboxylic acids is 1. The highest BCUT2D eigenvalue weighted by Crippen LogP contribution is 2.47. The Morgan fingerprint density at radius 1 is 0.936 bits per heavy atom. The van der Waals surface area contributed by atoms with Crippen molar-refractivity contribution in [3.63, 3.8) is 0 Å². The van der Waals surface area contributed by atoms with Crippen LogP contribution in [0.2, 0.25) is 0 Å². The number of benzene rings is 3. The van der Waals surface area contributed by atoms with E-state index in [1.54, 1.807) is 11.8 Å². The van der Waals surface area contributed by atoms with E-state index in [9.17, 15) is 17.8 Å². The molecule has 2 heterocycles. The molecule has 0 saturated heterocycles. The lowest BCUT2D eigenvalue weighted by Gasteiger charge is -2.27. The molecule has 0 fully saturated rings. The fourth-order valence-electron chi connectivity index (χ4n) is 5.67. The van der Waals surface area contributed by atoms with Gasteiger partial charge in [0.1, 0.15) is 0 Å². The van der Waals surface area contributed by atoms with Crippen molar-refractivity contribution in [3.05, 3.63) is 109 Å². The van der Waals surface area contributed by atoms with Crippen LogP contribution in [0.25, 0.3) is 16.3 Å². The number of fused-ring (bicyclic) bond motifs is 4. The molecule has 10 heteroatoms. The molecular weight excluding hydrogens is 631 g/mol. The first-order chi connectivity index (χ1) is 22.6. The first-order valence-corrected chi connectivity index (χ1v) is 18.6. The molecule has 8 nitrogen and oxygen atoms in total. The minimum atomic E-state index is -4.02. The van der Waals surface area contributed by atoms with Gasteiger partial charge in [-0.1, -0.05) is 111 Å². The summed E-state index contributed by atoms with van der Waals surface area (Å²) < 4.78 is 31.9. The van der Waals surface area contributed by atoms with Gasteiger partial charge in [0, 0.05) is 40.8 Å². The van der Waals surface area contributed by atoms with Gasteiger partial charge in [-0.3, -0.25) is 9.35 Å². The number of anilines is 2. The molecular formula is C37H45N3O5S2. The predicted molar refractivity (Wildman–Crippen MR) is 197 cm³/mol. The molecule has 3 aromatic rings. The van der Waals surface area contributed by atoms with Crippen molar-refractivity contribution in [3.8, 4) is 0 Å². The minimum absolute atomic E-state index is 0.0161. The van der Waals surface area contributed by atoms with Gasteiger partial charge in [0.05, 0.1) is 23.2 Å². The van der Waals surface area contributed by atoms with Gasteiger partial charge in [-0.15, -0.1) is 0 Å². The first-order valence-electron chi connectivity index (χ1n) is 16.1. The number of carbonyl (C=O) groups is 1. The van der Waals surface area contributed by atoms with Crippen molar-refractivity contribution in [2.45, 2.75) is 43.9 Å². The van der Waals surface area contributed by atoms with Crippen LogP contribution in [0, 0.1) is 0 Å². The Hall–Kier alpha value is -3.83. The number of hydrogen-bond donors (Lipinski definition) is 2. The summed E-state index contributed by atoms with van der Waals surface area (Å²) in [5.74, 6) is -1.10. The summed E-state index contributed by atoms with van der Waals surface area (Å²) in [5, 5.41) is 11.3. The van der Waals surface area contributed by atoms with Crippen molar-refractivity contribution in [2.75, 3.05) is 48.3 Å². The second-order valence-corrected chi connectivity index (χ2v) is 13.9. The summed E-state index contributed by atoms with van der Waals surface area (Å²) in [6, 6.07) is 20.3. The largest absolute Gasteiger partial charge is 0.481 e. The van der Waals surface area contributed by atoms with Crippen LogP contribution in [0.3, 0.4) is 0 Å². The molecule has 3 aromatic carbocycles. The van der Waals surface area contributed by atoms with Crippen molar-refractivity contribution < 1.29 is 22.9 Å². The summed E-state index contributed by atoms with van der Waals surface area (Å²) in [4.78, 5) is 18.7. The van der Waals surface area contributed by atoms with E-state index in [4.69, 9.17) is 5.11 Å². The van der Waals surface area contributed by atoms with E-state index in [0.29, 0.717) is 19.5 Å². The Labute approximate surface area is 283 Å². The van der Waals surface area contributed by atoms with E-state index < -0.39 is 16.1 Å². The van der Waals surface area contributed by atoms with E-state index in [1.807, 2.05) is 77.9 Å². The molecule has 2 aliphatic heterocycles. The van der Waals surface area contributed by atoms with Crippen LogP contribution in [0.5, 0.6) is 0 Å². The van der Waals surface area contributed by atoms with Crippen LogP contribution in [-0.4, -0.2) is 72.8 Å². The normalized spacial score (nSPS) is 16.7. The highest BCUT2D eigenvalue weighted by Gasteiger charge is 2.30. The van der Waals surface area contributed by atoms with Crippen LogP contribution in [-0.2, 0) is 14.9 Å². The Morgan fingerprint density at radius 3 is 2.36 bits per heavy atom. The number of carboxylic acids is 1. The average molecular weight is 676 g/mol. The predicted octanol–water partition coefficient (Wildman–Crippen LogP) is 7.71. The fourth-order valence-corrected chi connectivity index (χ4v) is 7.41. The molecule has 1 atom stereocenters. The Morgan fingerprint density at radius 2 is 1.66 bits per heavy atom. The molecule has 0 aliphatic carbocycles.